The zero-order chi connectivity index (χ0) is 16.8. The van der Waals surface area contributed by atoms with Crippen LogP contribution in [0.4, 0.5) is 0 Å². The van der Waals surface area contributed by atoms with Gasteiger partial charge in [-0.25, -0.2) is 4.98 Å². The maximum atomic E-state index is 12.3. The summed E-state index contributed by atoms with van der Waals surface area (Å²) in [6.07, 6.45) is 8.73. The predicted octanol–water partition coefficient (Wildman–Crippen LogP) is 2.67. The molecule has 0 aliphatic carbocycles. The molecule has 128 valence electrons. The van der Waals surface area contributed by atoms with E-state index in [-0.39, 0.29) is 5.91 Å². The fourth-order valence-electron chi connectivity index (χ4n) is 3.27. The first-order chi connectivity index (χ1) is 11.7. The summed E-state index contributed by atoms with van der Waals surface area (Å²) >= 11 is 0. The molecule has 2 aromatic rings. The third kappa shape index (κ3) is 4.23. The third-order valence-corrected chi connectivity index (χ3v) is 4.62. The summed E-state index contributed by atoms with van der Waals surface area (Å²) in [5, 5.41) is 3.07. The Morgan fingerprint density at radius 3 is 2.62 bits per heavy atom. The van der Waals surface area contributed by atoms with Crippen LogP contribution in [0.15, 0.2) is 36.7 Å². The fraction of sp³-hybridized carbons (Fsp3) is 0.474. The number of hydrogen-bond donors (Lipinski definition) is 1. The summed E-state index contributed by atoms with van der Waals surface area (Å²) in [4.78, 5) is 18.8. The molecule has 24 heavy (non-hydrogen) atoms. The number of aromatic nitrogens is 2. The van der Waals surface area contributed by atoms with E-state index in [0.717, 1.165) is 30.2 Å². The molecule has 0 atom stereocenters. The highest BCUT2D eigenvalue weighted by Crippen LogP contribution is 2.16. The average Bonchev–Trinajstić information content (AvgIpc) is 2.85. The van der Waals surface area contributed by atoms with Crippen LogP contribution in [-0.4, -0.2) is 40.0 Å². The lowest BCUT2D eigenvalue weighted by Gasteiger charge is -2.19. The lowest BCUT2D eigenvalue weighted by molar-refractivity contribution is -0.122. The van der Waals surface area contributed by atoms with Crippen molar-refractivity contribution in [3.05, 3.63) is 48.0 Å². The van der Waals surface area contributed by atoms with E-state index in [1.807, 2.05) is 25.3 Å². The number of benzene rings is 1. The minimum absolute atomic E-state index is 0.106. The Kier molecular flexibility index (Phi) is 5.64. The van der Waals surface area contributed by atoms with E-state index in [1.165, 1.54) is 25.7 Å². The number of aryl methyl sites for hydroxylation is 1. The number of nitrogens with zero attached hydrogens (tertiary/aromatic N) is 3. The van der Waals surface area contributed by atoms with Crippen LogP contribution in [0.5, 0.6) is 0 Å². The summed E-state index contributed by atoms with van der Waals surface area (Å²) in [5.41, 5.74) is 2.17. The van der Waals surface area contributed by atoms with Gasteiger partial charge in [-0.05, 0) is 44.5 Å². The van der Waals surface area contributed by atoms with E-state index < -0.39 is 0 Å². The number of rotatable bonds is 5. The molecule has 1 amide bonds. The summed E-state index contributed by atoms with van der Waals surface area (Å²) < 4.78 is 2.05. The van der Waals surface area contributed by atoms with E-state index in [9.17, 15) is 4.79 Å². The molecule has 5 heteroatoms. The van der Waals surface area contributed by atoms with Gasteiger partial charge >= 0.3 is 0 Å². The van der Waals surface area contributed by atoms with Gasteiger partial charge in [0.1, 0.15) is 5.82 Å². The molecule has 1 fully saturated rings. The fourth-order valence-corrected chi connectivity index (χ4v) is 3.27. The van der Waals surface area contributed by atoms with Crippen molar-refractivity contribution < 1.29 is 4.79 Å². The molecule has 0 unspecified atom stereocenters. The van der Waals surface area contributed by atoms with Crippen LogP contribution in [-0.2, 0) is 11.3 Å². The van der Waals surface area contributed by atoms with Crippen LogP contribution >= 0.6 is 0 Å². The van der Waals surface area contributed by atoms with Crippen LogP contribution in [0.3, 0.4) is 0 Å². The van der Waals surface area contributed by atoms with Crippen LogP contribution in [0, 0.1) is 6.92 Å². The second-order valence-corrected chi connectivity index (χ2v) is 6.44. The van der Waals surface area contributed by atoms with E-state index in [1.54, 1.807) is 6.20 Å². The zero-order valence-corrected chi connectivity index (χ0v) is 14.4. The molecule has 0 radical (unpaired) electrons. The standard InChI is InChI=1S/C19H26N4O/c1-16-20-10-13-23(16)18-9-5-4-8-17(18)14-21-19(24)15-22-11-6-2-3-7-12-22/h4-5,8-10,13H,2-3,6-7,11-12,14-15H2,1H3,(H,21,24). The van der Waals surface area contributed by atoms with Crippen LogP contribution < -0.4 is 5.32 Å². The number of likely N-dealkylation sites (tertiary alicyclic amines) is 1. The summed E-state index contributed by atoms with van der Waals surface area (Å²) in [6, 6.07) is 8.13. The molecule has 1 aliphatic rings. The zero-order valence-electron chi connectivity index (χ0n) is 14.4. The maximum Gasteiger partial charge on any atom is 0.234 e. The molecule has 3 rings (SSSR count). The molecule has 1 saturated heterocycles. The first-order valence-corrected chi connectivity index (χ1v) is 8.81. The van der Waals surface area contributed by atoms with Crippen molar-refractivity contribution in [3.8, 4) is 5.69 Å². The van der Waals surface area contributed by atoms with Gasteiger partial charge in [0.2, 0.25) is 5.91 Å². The Bertz CT molecular complexity index is 672. The van der Waals surface area contributed by atoms with Crippen LogP contribution in [0.25, 0.3) is 5.69 Å². The summed E-state index contributed by atoms with van der Waals surface area (Å²) in [5.74, 6) is 1.05. The van der Waals surface area contributed by atoms with Gasteiger partial charge in [-0.1, -0.05) is 31.0 Å². The molecule has 1 aromatic heterocycles. The summed E-state index contributed by atoms with van der Waals surface area (Å²) in [6.45, 7) is 5.11. The highest BCUT2D eigenvalue weighted by atomic mass is 16.2. The predicted molar refractivity (Wildman–Crippen MR) is 95.1 cm³/mol. The molecule has 1 aromatic carbocycles. The van der Waals surface area contributed by atoms with Crippen LogP contribution in [0.1, 0.15) is 37.1 Å². The lowest BCUT2D eigenvalue weighted by atomic mass is 10.1. The number of nitrogens with one attached hydrogen (secondary N) is 1. The monoisotopic (exact) mass is 326 g/mol. The average molecular weight is 326 g/mol. The molecular formula is C19H26N4O. The lowest BCUT2D eigenvalue weighted by Crippen LogP contribution is -2.37. The molecule has 5 nitrogen and oxygen atoms in total. The van der Waals surface area contributed by atoms with E-state index in [2.05, 4.69) is 31.9 Å². The van der Waals surface area contributed by atoms with Gasteiger partial charge in [-0.15, -0.1) is 0 Å². The van der Waals surface area contributed by atoms with Gasteiger partial charge in [0, 0.05) is 18.9 Å². The van der Waals surface area contributed by atoms with Crippen molar-refractivity contribution in [2.75, 3.05) is 19.6 Å². The van der Waals surface area contributed by atoms with Gasteiger partial charge in [-0.3, -0.25) is 9.69 Å². The minimum atomic E-state index is 0.106. The number of amides is 1. The molecular weight excluding hydrogens is 300 g/mol. The smallest absolute Gasteiger partial charge is 0.234 e. The molecule has 0 bridgehead atoms. The highest BCUT2D eigenvalue weighted by Gasteiger charge is 2.13. The number of carbonyl (C=O) groups excluding carboxylic acids is 1. The van der Waals surface area contributed by atoms with Crippen molar-refractivity contribution in [2.24, 2.45) is 0 Å². The highest BCUT2D eigenvalue weighted by molar-refractivity contribution is 5.78. The van der Waals surface area contributed by atoms with Crippen molar-refractivity contribution >= 4 is 5.91 Å². The Balaban J connectivity index is 1.60. The van der Waals surface area contributed by atoms with Gasteiger partial charge in [-0.2, -0.15) is 0 Å². The first-order valence-electron chi connectivity index (χ1n) is 8.81. The van der Waals surface area contributed by atoms with Crippen LogP contribution in [0.2, 0.25) is 0 Å². The number of para-hydroxylation sites is 1. The maximum absolute atomic E-state index is 12.3. The SMILES string of the molecule is Cc1nccn1-c1ccccc1CNC(=O)CN1CCCCCC1. The first kappa shape index (κ1) is 16.7. The quantitative estimate of drug-likeness (QED) is 0.919. The Labute approximate surface area is 143 Å². The molecule has 1 N–H and O–H groups in total. The topological polar surface area (TPSA) is 50.2 Å². The van der Waals surface area contributed by atoms with Crippen molar-refractivity contribution in [2.45, 2.75) is 39.2 Å². The molecule has 0 spiro atoms. The van der Waals surface area contributed by atoms with E-state index in [0.29, 0.717) is 13.1 Å². The molecule has 2 heterocycles. The number of hydrogen-bond acceptors (Lipinski definition) is 3. The largest absolute Gasteiger partial charge is 0.351 e. The van der Waals surface area contributed by atoms with E-state index in [4.69, 9.17) is 0 Å². The molecule has 0 saturated carbocycles. The van der Waals surface area contributed by atoms with Gasteiger partial charge < -0.3 is 9.88 Å². The van der Waals surface area contributed by atoms with E-state index >= 15 is 0 Å². The van der Waals surface area contributed by atoms with Crippen molar-refractivity contribution in [1.82, 2.24) is 19.8 Å². The Morgan fingerprint density at radius 2 is 1.92 bits per heavy atom. The van der Waals surface area contributed by atoms with Crippen molar-refractivity contribution in [1.29, 1.82) is 0 Å². The second-order valence-electron chi connectivity index (χ2n) is 6.44. The normalized spacial score (nSPS) is 15.9. The minimum Gasteiger partial charge on any atom is -0.351 e. The van der Waals surface area contributed by atoms with Crippen molar-refractivity contribution in [3.63, 3.8) is 0 Å². The third-order valence-electron chi connectivity index (χ3n) is 4.62. The van der Waals surface area contributed by atoms with Gasteiger partial charge in [0.05, 0.1) is 12.2 Å². The number of carbonyl (C=O) groups is 1. The Hall–Kier alpha value is -2.14. The number of imidazole rings is 1. The Morgan fingerprint density at radius 1 is 1.17 bits per heavy atom. The van der Waals surface area contributed by atoms with Gasteiger partial charge in [0.25, 0.3) is 0 Å². The second kappa shape index (κ2) is 8.11. The molecule has 1 aliphatic heterocycles. The summed E-state index contributed by atoms with van der Waals surface area (Å²) in [7, 11) is 0. The van der Waals surface area contributed by atoms with Gasteiger partial charge in [0.15, 0.2) is 0 Å².